The number of aromatic nitrogens is 2. The highest BCUT2D eigenvalue weighted by molar-refractivity contribution is 7.09. The highest BCUT2D eigenvalue weighted by Gasteiger charge is 2.29. The third-order valence-corrected chi connectivity index (χ3v) is 5.05. The summed E-state index contributed by atoms with van der Waals surface area (Å²) in [5, 5.41) is 0. The van der Waals surface area contributed by atoms with Crippen LogP contribution in [0, 0.1) is 6.92 Å². The SMILES string of the molecule is Cc1ncsc1CCC(=O)N1CCC[C@H]1c1cccnc1. The van der Waals surface area contributed by atoms with Gasteiger partial charge in [0.05, 0.1) is 17.2 Å². The first-order valence-corrected chi connectivity index (χ1v) is 8.22. The first-order chi connectivity index (χ1) is 10.3. The van der Waals surface area contributed by atoms with Crippen LogP contribution in [0.4, 0.5) is 0 Å². The summed E-state index contributed by atoms with van der Waals surface area (Å²) in [5.41, 5.74) is 4.05. The molecule has 3 heterocycles. The number of aryl methyl sites for hydroxylation is 2. The van der Waals surface area contributed by atoms with Crippen molar-refractivity contribution in [3.63, 3.8) is 0 Å². The lowest BCUT2D eigenvalue weighted by atomic mass is 10.1. The first-order valence-electron chi connectivity index (χ1n) is 7.34. The van der Waals surface area contributed by atoms with E-state index >= 15 is 0 Å². The van der Waals surface area contributed by atoms with Gasteiger partial charge in [-0.05, 0) is 37.8 Å². The van der Waals surface area contributed by atoms with E-state index in [0.717, 1.165) is 37.1 Å². The van der Waals surface area contributed by atoms with Crippen molar-refractivity contribution in [1.29, 1.82) is 0 Å². The molecule has 2 aromatic heterocycles. The highest BCUT2D eigenvalue weighted by atomic mass is 32.1. The van der Waals surface area contributed by atoms with E-state index in [1.807, 2.05) is 29.6 Å². The molecule has 0 aromatic carbocycles. The largest absolute Gasteiger partial charge is 0.336 e. The number of pyridine rings is 1. The topological polar surface area (TPSA) is 46.1 Å². The molecule has 4 nitrogen and oxygen atoms in total. The fourth-order valence-electron chi connectivity index (χ4n) is 2.92. The van der Waals surface area contributed by atoms with Crippen molar-refractivity contribution in [2.24, 2.45) is 0 Å². The molecule has 0 spiro atoms. The van der Waals surface area contributed by atoms with Crippen molar-refractivity contribution in [3.8, 4) is 0 Å². The average Bonchev–Trinajstić information content (AvgIpc) is 3.15. The number of carbonyl (C=O) groups is 1. The smallest absolute Gasteiger partial charge is 0.223 e. The van der Waals surface area contributed by atoms with Crippen molar-refractivity contribution < 1.29 is 4.79 Å². The van der Waals surface area contributed by atoms with Gasteiger partial charge < -0.3 is 4.90 Å². The van der Waals surface area contributed by atoms with E-state index in [0.29, 0.717) is 6.42 Å². The lowest BCUT2D eigenvalue weighted by Crippen LogP contribution is -2.30. The van der Waals surface area contributed by atoms with Gasteiger partial charge in [0, 0.05) is 30.2 Å². The molecule has 110 valence electrons. The summed E-state index contributed by atoms with van der Waals surface area (Å²) in [6.45, 7) is 2.87. The molecule has 1 saturated heterocycles. The van der Waals surface area contributed by atoms with E-state index in [2.05, 4.69) is 16.0 Å². The molecule has 3 rings (SSSR count). The van der Waals surface area contributed by atoms with Gasteiger partial charge in [-0.1, -0.05) is 6.07 Å². The summed E-state index contributed by atoms with van der Waals surface area (Å²) < 4.78 is 0. The third kappa shape index (κ3) is 3.13. The minimum Gasteiger partial charge on any atom is -0.336 e. The molecule has 5 heteroatoms. The minimum atomic E-state index is 0.203. The van der Waals surface area contributed by atoms with Gasteiger partial charge in [-0.25, -0.2) is 4.98 Å². The summed E-state index contributed by atoms with van der Waals surface area (Å²) in [4.78, 5) is 24.2. The average molecular weight is 301 g/mol. The number of likely N-dealkylation sites (tertiary alicyclic amines) is 1. The van der Waals surface area contributed by atoms with Crippen molar-refractivity contribution in [3.05, 3.63) is 46.2 Å². The fourth-order valence-corrected chi connectivity index (χ4v) is 3.70. The van der Waals surface area contributed by atoms with Gasteiger partial charge in [-0.3, -0.25) is 9.78 Å². The Morgan fingerprint density at radius 3 is 3.14 bits per heavy atom. The zero-order valence-electron chi connectivity index (χ0n) is 12.2. The van der Waals surface area contributed by atoms with Crippen LogP contribution in [0.25, 0.3) is 0 Å². The number of hydrogen-bond donors (Lipinski definition) is 0. The number of rotatable bonds is 4. The molecule has 0 unspecified atom stereocenters. The summed E-state index contributed by atoms with van der Waals surface area (Å²) in [7, 11) is 0. The fraction of sp³-hybridized carbons (Fsp3) is 0.438. The molecule has 1 aliphatic rings. The Morgan fingerprint density at radius 1 is 1.52 bits per heavy atom. The second kappa shape index (κ2) is 6.35. The first kappa shape index (κ1) is 14.2. The van der Waals surface area contributed by atoms with Crippen LogP contribution in [0.15, 0.2) is 30.0 Å². The molecular weight excluding hydrogens is 282 g/mol. The standard InChI is InChI=1S/C16H19N3OS/c1-12-15(21-11-18-12)6-7-16(20)19-9-3-5-14(19)13-4-2-8-17-10-13/h2,4,8,10-11,14H,3,5-7,9H2,1H3/t14-/m0/s1. The Bertz CT molecular complexity index is 611. The highest BCUT2D eigenvalue weighted by Crippen LogP contribution is 2.32. The minimum absolute atomic E-state index is 0.203. The molecule has 21 heavy (non-hydrogen) atoms. The van der Waals surface area contributed by atoms with Gasteiger partial charge in [0.15, 0.2) is 0 Å². The van der Waals surface area contributed by atoms with Crippen molar-refractivity contribution in [2.75, 3.05) is 6.54 Å². The van der Waals surface area contributed by atoms with Gasteiger partial charge in [-0.2, -0.15) is 0 Å². The molecular formula is C16H19N3OS. The second-order valence-electron chi connectivity index (χ2n) is 5.39. The lowest BCUT2D eigenvalue weighted by molar-refractivity contribution is -0.132. The molecule has 1 amide bonds. The number of carbonyl (C=O) groups excluding carboxylic acids is 1. The van der Waals surface area contributed by atoms with Crippen LogP contribution in [0.1, 0.15) is 41.4 Å². The van der Waals surface area contributed by atoms with Crippen LogP contribution >= 0.6 is 11.3 Å². The van der Waals surface area contributed by atoms with Gasteiger partial charge in [0.25, 0.3) is 0 Å². The zero-order chi connectivity index (χ0) is 14.7. The second-order valence-corrected chi connectivity index (χ2v) is 6.33. The van der Waals surface area contributed by atoms with E-state index in [4.69, 9.17) is 0 Å². The van der Waals surface area contributed by atoms with E-state index in [1.165, 1.54) is 4.88 Å². The quantitative estimate of drug-likeness (QED) is 0.871. The molecule has 0 N–H and O–H groups in total. The predicted octanol–water partition coefficient (Wildman–Crippen LogP) is 3.14. The maximum Gasteiger partial charge on any atom is 0.223 e. The van der Waals surface area contributed by atoms with Gasteiger partial charge in [0.2, 0.25) is 5.91 Å². The molecule has 0 aliphatic carbocycles. The summed E-state index contributed by atoms with van der Waals surface area (Å²) in [6.07, 6.45) is 7.13. The van der Waals surface area contributed by atoms with Crippen LogP contribution in [-0.2, 0) is 11.2 Å². The molecule has 2 aromatic rings. The Balaban J connectivity index is 1.65. The van der Waals surface area contributed by atoms with Gasteiger partial charge in [0.1, 0.15) is 0 Å². The normalized spacial score (nSPS) is 18.1. The molecule has 1 atom stereocenters. The maximum atomic E-state index is 12.5. The number of thiazole rings is 1. The third-order valence-electron chi connectivity index (χ3n) is 4.05. The summed E-state index contributed by atoms with van der Waals surface area (Å²) in [5.74, 6) is 0.245. The van der Waals surface area contributed by atoms with Crippen LogP contribution < -0.4 is 0 Å². The Hall–Kier alpha value is -1.75. The monoisotopic (exact) mass is 301 g/mol. The Morgan fingerprint density at radius 2 is 2.43 bits per heavy atom. The molecule has 0 radical (unpaired) electrons. The summed E-state index contributed by atoms with van der Waals surface area (Å²) >= 11 is 1.64. The lowest BCUT2D eigenvalue weighted by Gasteiger charge is -2.24. The van der Waals surface area contributed by atoms with Crippen molar-refractivity contribution in [1.82, 2.24) is 14.9 Å². The molecule has 1 fully saturated rings. The van der Waals surface area contributed by atoms with E-state index in [1.54, 1.807) is 17.5 Å². The van der Waals surface area contributed by atoms with Gasteiger partial charge in [-0.15, -0.1) is 11.3 Å². The summed E-state index contributed by atoms with van der Waals surface area (Å²) in [6, 6.07) is 4.21. The van der Waals surface area contributed by atoms with Crippen molar-refractivity contribution in [2.45, 2.75) is 38.6 Å². The van der Waals surface area contributed by atoms with E-state index in [9.17, 15) is 4.79 Å². The van der Waals surface area contributed by atoms with Gasteiger partial charge >= 0.3 is 0 Å². The molecule has 0 bridgehead atoms. The number of hydrogen-bond acceptors (Lipinski definition) is 4. The molecule has 0 saturated carbocycles. The van der Waals surface area contributed by atoms with Crippen LogP contribution in [0.2, 0.25) is 0 Å². The van der Waals surface area contributed by atoms with E-state index < -0.39 is 0 Å². The maximum absolute atomic E-state index is 12.5. The van der Waals surface area contributed by atoms with Crippen molar-refractivity contribution >= 4 is 17.2 Å². The Kier molecular flexibility index (Phi) is 4.29. The van der Waals surface area contributed by atoms with E-state index in [-0.39, 0.29) is 11.9 Å². The number of nitrogens with zero attached hydrogens (tertiary/aromatic N) is 3. The molecule has 1 aliphatic heterocycles. The van der Waals surface area contributed by atoms with Crippen LogP contribution in [-0.4, -0.2) is 27.3 Å². The Labute approximate surface area is 128 Å². The zero-order valence-corrected chi connectivity index (χ0v) is 13.0. The predicted molar refractivity (Wildman–Crippen MR) is 83.1 cm³/mol. The number of amides is 1. The van der Waals surface area contributed by atoms with Crippen LogP contribution in [0.5, 0.6) is 0 Å². The van der Waals surface area contributed by atoms with Crippen LogP contribution in [0.3, 0.4) is 0 Å².